The van der Waals surface area contributed by atoms with Gasteiger partial charge in [0.05, 0.1) is 36.9 Å². The Labute approximate surface area is 261 Å². The molecule has 4 rings (SSSR count). The maximum absolute atomic E-state index is 13.4. The first-order valence-corrected chi connectivity index (χ1v) is 12.8. The monoisotopic (exact) mass is 726 g/mol. The van der Waals surface area contributed by atoms with E-state index in [1.165, 1.54) is 0 Å². The number of carbonyl (C=O) groups excluding carboxylic acids is 1. The number of piperidine rings is 1. The molecule has 1 unspecified atom stereocenters. The van der Waals surface area contributed by atoms with Gasteiger partial charge in [0.2, 0.25) is 0 Å². The van der Waals surface area contributed by atoms with E-state index < -0.39 is 36.2 Å². The summed E-state index contributed by atoms with van der Waals surface area (Å²) in [7, 11) is 1.80. The van der Waals surface area contributed by atoms with E-state index in [4.69, 9.17) is 4.74 Å². The van der Waals surface area contributed by atoms with Gasteiger partial charge in [0.1, 0.15) is 13.2 Å². The molecule has 0 N–H and O–H groups in total. The van der Waals surface area contributed by atoms with Crippen LogP contribution in [-0.4, -0.2) is 47.1 Å². The van der Waals surface area contributed by atoms with Gasteiger partial charge in [0, 0.05) is 24.5 Å². The third kappa shape index (κ3) is 9.34. The van der Waals surface area contributed by atoms with Crippen LogP contribution in [0, 0.1) is 0 Å². The van der Waals surface area contributed by atoms with Crippen LogP contribution in [0.2, 0.25) is 0 Å². The molecular weight excluding hydrogens is 696 g/mol. The number of amides is 1. The number of nitrogens with zero attached hydrogens (tertiary/aromatic N) is 3. The summed E-state index contributed by atoms with van der Waals surface area (Å²) in [5.74, 6) is 0. The number of aromatic nitrogens is 1. The van der Waals surface area contributed by atoms with Crippen molar-refractivity contribution >= 4 is 40.4 Å². The van der Waals surface area contributed by atoms with Gasteiger partial charge >= 0.3 is 18.8 Å². The normalized spacial score (nSPS) is 19.2. The Morgan fingerprint density at radius 1 is 0.952 bits per heavy atom. The molecule has 1 amide bonds. The molecule has 0 radical (unpaired) electrons. The highest BCUT2D eigenvalue weighted by atomic mass is 79.9. The molecule has 0 spiro atoms. The molecule has 1 aliphatic heterocycles. The van der Waals surface area contributed by atoms with Gasteiger partial charge in [-0.1, -0.05) is 36.4 Å². The summed E-state index contributed by atoms with van der Waals surface area (Å²) in [6.07, 6.45) is -4.97. The third-order valence-electron chi connectivity index (χ3n) is 6.96. The summed E-state index contributed by atoms with van der Waals surface area (Å²) < 4.78 is 86.3. The number of carbonyl (C=O) groups is 1. The highest BCUT2D eigenvalue weighted by molar-refractivity contribution is 8.93. The summed E-state index contributed by atoms with van der Waals surface area (Å²) in [6, 6.07) is 14.2. The number of likely N-dealkylation sites (tertiary alicyclic amines) is 1. The maximum Gasteiger partial charge on any atom is 0.416 e. The van der Waals surface area contributed by atoms with Gasteiger partial charge < -0.3 is 4.74 Å². The highest BCUT2D eigenvalue weighted by Gasteiger charge is 2.39. The second-order valence-corrected chi connectivity index (χ2v) is 10.3. The van der Waals surface area contributed by atoms with Crippen molar-refractivity contribution in [2.24, 2.45) is 0 Å². The number of hydrogen-bond acceptors (Lipinski definition) is 4. The zero-order valence-corrected chi connectivity index (χ0v) is 26.1. The molecule has 42 heavy (non-hydrogen) atoms. The molecule has 3 aromatic rings. The predicted octanol–water partition coefficient (Wildman–Crippen LogP) is 7.76. The molecule has 13 heteroatoms. The number of pyridine rings is 1. The van der Waals surface area contributed by atoms with E-state index in [1.54, 1.807) is 25.5 Å². The fraction of sp³-hybridized carbons (Fsp3) is 0.379. The second-order valence-electron chi connectivity index (χ2n) is 10.3. The second kappa shape index (κ2) is 14.9. The van der Waals surface area contributed by atoms with Crippen molar-refractivity contribution in [2.75, 3.05) is 20.3 Å². The lowest BCUT2D eigenvalue weighted by Crippen LogP contribution is -2.54. The van der Waals surface area contributed by atoms with Gasteiger partial charge in [0.15, 0.2) is 0 Å². The summed E-state index contributed by atoms with van der Waals surface area (Å²) >= 11 is 0. The van der Waals surface area contributed by atoms with Gasteiger partial charge in [-0.15, -0.1) is 34.0 Å². The minimum atomic E-state index is -4.93. The SMILES string of the molecule is Br.Br.C[N+](C=O)(Cc1cccnc1)CN1CCC[C@H](OCc2cc(C(F)(F)F)cc(C(F)(F)F)c2)[C@@H]1c1ccccc1. The number of hydrogen-bond donors (Lipinski definition) is 0. The van der Waals surface area contributed by atoms with Crippen LogP contribution in [0.15, 0.2) is 73.1 Å². The topological polar surface area (TPSA) is 42.4 Å². The Bertz CT molecular complexity index is 1250. The molecule has 5 nitrogen and oxygen atoms in total. The molecule has 3 atom stereocenters. The van der Waals surface area contributed by atoms with Crippen molar-refractivity contribution < 1.29 is 40.4 Å². The lowest BCUT2D eigenvalue weighted by molar-refractivity contribution is -0.851. The number of halogens is 8. The third-order valence-corrected chi connectivity index (χ3v) is 6.96. The van der Waals surface area contributed by atoms with E-state index in [1.807, 2.05) is 36.4 Å². The molecule has 1 fully saturated rings. The van der Waals surface area contributed by atoms with E-state index in [0.717, 1.165) is 17.5 Å². The van der Waals surface area contributed by atoms with Crippen LogP contribution in [-0.2, 0) is 35.0 Å². The largest absolute Gasteiger partial charge is 0.416 e. The Morgan fingerprint density at radius 3 is 2.14 bits per heavy atom. The zero-order chi connectivity index (χ0) is 29.0. The first-order chi connectivity index (χ1) is 18.9. The smallest absolute Gasteiger partial charge is 0.372 e. The van der Waals surface area contributed by atoms with Crippen LogP contribution in [0.3, 0.4) is 0 Å². The summed E-state index contributed by atoms with van der Waals surface area (Å²) in [5, 5.41) is 0. The van der Waals surface area contributed by atoms with Gasteiger partial charge in [-0.25, -0.2) is 14.2 Å². The summed E-state index contributed by atoms with van der Waals surface area (Å²) in [4.78, 5) is 18.5. The number of alkyl halides is 6. The fourth-order valence-corrected chi connectivity index (χ4v) is 5.19. The van der Waals surface area contributed by atoms with Crippen molar-refractivity contribution in [3.63, 3.8) is 0 Å². The fourth-order valence-electron chi connectivity index (χ4n) is 5.19. The first kappa shape index (κ1) is 35.9. The molecule has 0 aliphatic carbocycles. The van der Waals surface area contributed by atoms with Gasteiger partial charge in [0.25, 0.3) is 0 Å². The summed E-state index contributed by atoms with van der Waals surface area (Å²) in [6.45, 7) is 0.922. The Hall–Kier alpha value is -2.32. The van der Waals surface area contributed by atoms with Crippen LogP contribution in [0.4, 0.5) is 26.3 Å². The predicted molar refractivity (Wildman–Crippen MR) is 156 cm³/mol. The number of rotatable bonds is 9. The van der Waals surface area contributed by atoms with E-state index in [2.05, 4.69) is 9.88 Å². The number of quaternary nitrogens is 1. The van der Waals surface area contributed by atoms with E-state index in [9.17, 15) is 31.1 Å². The van der Waals surface area contributed by atoms with Crippen molar-refractivity contribution in [3.05, 3.63) is 101 Å². The molecular formula is C29H32Br2F6N3O2+. The quantitative estimate of drug-likeness (QED) is 0.129. The number of ether oxygens (including phenoxy) is 1. The molecule has 1 aromatic heterocycles. The van der Waals surface area contributed by atoms with Crippen molar-refractivity contribution in [1.29, 1.82) is 0 Å². The molecule has 2 heterocycles. The minimum Gasteiger partial charge on any atom is -0.372 e. The van der Waals surface area contributed by atoms with Crippen LogP contribution < -0.4 is 0 Å². The Kier molecular flexibility index (Phi) is 12.7. The molecule has 0 bridgehead atoms. The van der Waals surface area contributed by atoms with Crippen LogP contribution in [0.25, 0.3) is 0 Å². The molecule has 2 aromatic carbocycles. The van der Waals surface area contributed by atoms with Crippen molar-refractivity contribution in [3.8, 4) is 0 Å². The molecule has 0 saturated carbocycles. The average Bonchev–Trinajstić information content (AvgIpc) is 2.92. The van der Waals surface area contributed by atoms with Crippen LogP contribution in [0.1, 0.15) is 46.7 Å². The minimum absolute atomic E-state index is 0. The Balaban J connectivity index is 0.00000308. The van der Waals surface area contributed by atoms with Crippen molar-refractivity contribution in [2.45, 2.75) is 50.5 Å². The van der Waals surface area contributed by atoms with Gasteiger partial charge in [-0.05, 0) is 48.2 Å². The van der Waals surface area contributed by atoms with E-state index in [-0.39, 0.29) is 56.1 Å². The van der Waals surface area contributed by atoms with Crippen molar-refractivity contribution in [1.82, 2.24) is 9.88 Å². The summed E-state index contributed by atoms with van der Waals surface area (Å²) in [5.41, 5.74) is -1.20. The van der Waals surface area contributed by atoms with Crippen LogP contribution in [0.5, 0.6) is 0 Å². The van der Waals surface area contributed by atoms with Gasteiger partial charge in [-0.2, -0.15) is 26.3 Å². The maximum atomic E-state index is 13.4. The van der Waals surface area contributed by atoms with E-state index in [0.29, 0.717) is 44.7 Å². The number of benzene rings is 2. The molecule has 1 aliphatic rings. The van der Waals surface area contributed by atoms with E-state index >= 15 is 0 Å². The highest BCUT2D eigenvalue weighted by Crippen LogP contribution is 2.38. The van der Waals surface area contributed by atoms with Gasteiger partial charge in [-0.3, -0.25) is 4.98 Å². The average molecular weight is 728 g/mol. The zero-order valence-electron chi connectivity index (χ0n) is 22.6. The molecule has 230 valence electrons. The lowest BCUT2D eigenvalue weighted by atomic mass is 9.92. The Morgan fingerprint density at radius 2 is 1.60 bits per heavy atom. The standard InChI is InChI=1S/C29H30F6N3O2.2BrH/c1-38(20-39,17-21-7-5-11-36-16-21)19-37-12-6-10-26(27(37)23-8-3-2-4-9-23)40-18-22-13-24(28(30,31)32)15-25(14-22)29(33,34)35;;/h2-5,7-9,11,13-16,20,26-27H,6,10,12,17-19H2,1H3;2*1H/q+1;;/t26-,27-,38?;;/m0../s1. The first-order valence-electron chi connectivity index (χ1n) is 12.8. The molecule has 1 saturated heterocycles. The lowest BCUT2D eigenvalue weighted by Gasteiger charge is -2.44. The van der Waals surface area contributed by atoms with Crippen LogP contribution >= 0.6 is 34.0 Å².